The number of thiol groups is 1. The first-order chi connectivity index (χ1) is 9.33. The lowest BCUT2D eigenvalue weighted by Crippen LogP contribution is -2.23. The van der Waals surface area contributed by atoms with E-state index in [0.717, 1.165) is 12.4 Å². The van der Waals surface area contributed by atoms with E-state index in [1.54, 1.807) is 0 Å². The Kier molecular flexibility index (Phi) is 10.1. The van der Waals surface area contributed by atoms with Crippen molar-refractivity contribution < 1.29 is 0 Å². The van der Waals surface area contributed by atoms with Crippen LogP contribution in [0, 0.1) is 0 Å². The first-order valence-corrected chi connectivity index (χ1v) is 8.69. The van der Waals surface area contributed by atoms with Crippen LogP contribution in [0.2, 0.25) is 0 Å². The van der Waals surface area contributed by atoms with Gasteiger partial charge in [0.05, 0.1) is 6.67 Å². The quantitative estimate of drug-likeness (QED) is 0.416. The van der Waals surface area contributed by atoms with Crippen LogP contribution < -0.4 is 0 Å². The summed E-state index contributed by atoms with van der Waals surface area (Å²) in [7, 11) is 2.13. The Bertz CT molecular complexity index is 231. The van der Waals surface area contributed by atoms with Crippen LogP contribution in [0.15, 0.2) is 12.4 Å². The fraction of sp³-hybridized carbons (Fsp3) is 0.875. The second-order valence-electron chi connectivity index (χ2n) is 5.77. The van der Waals surface area contributed by atoms with Crippen LogP contribution in [-0.2, 0) is 0 Å². The van der Waals surface area contributed by atoms with Gasteiger partial charge >= 0.3 is 0 Å². The molecule has 1 rings (SSSR count). The van der Waals surface area contributed by atoms with E-state index < -0.39 is 0 Å². The van der Waals surface area contributed by atoms with Crippen LogP contribution >= 0.6 is 12.6 Å². The molecule has 0 unspecified atom stereocenters. The zero-order valence-electron chi connectivity index (χ0n) is 12.7. The van der Waals surface area contributed by atoms with Gasteiger partial charge in [-0.25, -0.2) is 0 Å². The SMILES string of the molecule is CN1C=CN(CCCCCCCCCCCCS)C1. The van der Waals surface area contributed by atoms with E-state index in [9.17, 15) is 0 Å². The summed E-state index contributed by atoms with van der Waals surface area (Å²) in [5.74, 6) is 1.06. The molecule has 0 bridgehead atoms. The summed E-state index contributed by atoms with van der Waals surface area (Å²) in [4.78, 5) is 4.63. The molecule has 0 N–H and O–H groups in total. The van der Waals surface area contributed by atoms with E-state index in [-0.39, 0.29) is 0 Å². The molecule has 112 valence electrons. The maximum atomic E-state index is 4.24. The Balaban J connectivity index is 1.73. The van der Waals surface area contributed by atoms with Crippen LogP contribution in [0.5, 0.6) is 0 Å². The van der Waals surface area contributed by atoms with E-state index in [4.69, 9.17) is 0 Å². The topological polar surface area (TPSA) is 6.48 Å². The molecular formula is C16H32N2S. The molecule has 0 fully saturated rings. The van der Waals surface area contributed by atoms with Crippen molar-refractivity contribution in [1.82, 2.24) is 9.80 Å². The normalized spacial score (nSPS) is 14.6. The highest BCUT2D eigenvalue weighted by molar-refractivity contribution is 7.80. The summed E-state index contributed by atoms with van der Waals surface area (Å²) in [6.45, 7) is 2.30. The van der Waals surface area contributed by atoms with E-state index >= 15 is 0 Å². The van der Waals surface area contributed by atoms with Gasteiger partial charge in [-0.3, -0.25) is 0 Å². The first kappa shape index (κ1) is 16.7. The predicted octanol–water partition coefficient (Wildman–Crippen LogP) is 4.49. The van der Waals surface area contributed by atoms with Crippen molar-refractivity contribution in [1.29, 1.82) is 0 Å². The van der Waals surface area contributed by atoms with Gasteiger partial charge in [0.1, 0.15) is 0 Å². The Morgan fingerprint density at radius 3 is 1.79 bits per heavy atom. The maximum absolute atomic E-state index is 4.24. The van der Waals surface area contributed by atoms with Gasteiger partial charge < -0.3 is 9.80 Å². The van der Waals surface area contributed by atoms with Crippen molar-refractivity contribution in [3.8, 4) is 0 Å². The van der Waals surface area contributed by atoms with Crippen molar-refractivity contribution in [3.05, 3.63) is 12.4 Å². The smallest absolute Gasteiger partial charge is 0.0890 e. The molecule has 0 saturated heterocycles. The lowest BCUT2D eigenvalue weighted by molar-refractivity contribution is 0.290. The van der Waals surface area contributed by atoms with Gasteiger partial charge in [0.2, 0.25) is 0 Å². The lowest BCUT2D eigenvalue weighted by atomic mass is 10.1. The zero-order chi connectivity index (χ0) is 13.8. The number of unbranched alkanes of at least 4 members (excludes halogenated alkanes) is 9. The molecular weight excluding hydrogens is 252 g/mol. The minimum Gasteiger partial charge on any atom is -0.362 e. The molecule has 0 saturated carbocycles. The highest BCUT2D eigenvalue weighted by Crippen LogP contribution is 2.12. The minimum absolute atomic E-state index is 1.06. The summed E-state index contributed by atoms with van der Waals surface area (Å²) in [5, 5.41) is 0. The summed E-state index contributed by atoms with van der Waals surface area (Å²) in [6.07, 6.45) is 18.4. The molecule has 0 atom stereocenters. The van der Waals surface area contributed by atoms with Crippen molar-refractivity contribution >= 4 is 12.6 Å². The summed E-state index contributed by atoms with van der Waals surface area (Å²) >= 11 is 4.24. The fourth-order valence-electron chi connectivity index (χ4n) is 2.58. The average molecular weight is 285 g/mol. The lowest BCUT2D eigenvalue weighted by Gasteiger charge is -2.17. The second kappa shape index (κ2) is 11.5. The second-order valence-corrected chi connectivity index (χ2v) is 6.22. The first-order valence-electron chi connectivity index (χ1n) is 8.06. The van der Waals surface area contributed by atoms with Crippen LogP contribution in [0.1, 0.15) is 64.2 Å². The number of nitrogens with zero attached hydrogens (tertiary/aromatic N) is 2. The molecule has 0 radical (unpaired) electrons. The van der Waals surface area contributed by atoms with Gasteiger partial charge in [-0.2, -0.15) is 12.6 Å². The van der Waals surface area contributed by atoms with Gasteiger partial charge in [0, 0.05) is 26.0 Å². The molecule has 0 aromatic carbocycles. The Morgan fingerprint density at radius 1 is 0.789 bits per heavy atom. The number of hydrogen-bond acceptors (Lipinski definition) is 3. The third kappa shape index (κ3) is 9.26. The van der Waals surface area contributed by atoms with Crippen LogP contribution in [0.3, 0.4) is 0 Å². The van der Waals surface area contributed by atoms with Crippen molar-refractivity contribution in [3.63, 3.8) is 0 Å². The summed E-state index contributed by atoms with van der Waals surface area (Å²) < 4.78 is 0. The molecule has 3 heteroatoms. The summed E-state index contributed by atoms with van der Waals surface area (Å²) in [6, 6.07) is 0. The largest absolute Gasteiger partial charge is 0.362 e. The van der Waals surface area contributed by atoms with Crippen LogP contribution in [-0.4, -0.2) is 35.8 Å². The van der Waals surface area contributed by atoms with Gasteiger partial charge in [0.15, 0.2) is 0 Å². The highest BCUT2D eigenvalue weighted by Gasteiger charge is 2.06. The molecule has 2 nitrogen and oxygen atoms in total. The van der Waals surface area contributed by atoms with E-state index in [1.165, 1.54) is 70.8 Å². The molecule has 0 aliphatic carbocycles. The fourth-order valence-corrected chi connectivity index (χ4v) is 2.80. The number of rotatable bonds is 12. The van der Waals surface area contributed by atoms with E-state index in [2.05, 4.69) is 41.9 Å². The maximum Gasteiger partial charge on any atom is 0.0890 e. The summed E-state index contributed by atoms with van der Waals surface area (Å²) in [5.41, 5.74) is 0. The van der Waals surface area contributed by atoms with Crippen molar-refractivity contribution in [2.24, 2.45) is 0 Å². The molecule has 0 amide bonds. The third-order valence-corrected chi connectivity index (χ3v) is 4.11. The molecule has 1 aliphatic heterocycles. The van der Waals surface area contributed by atoms with Crippen LogP contribution in [0.4, 0.5) is 0 Å². The predicted molar refractivity (Wildman–Crippen MR) is 88.5 cm³/mol. The van der Waals surface area contributed by atoms with Crippen molar-refractivity contribution in [2.45, 2.75) is 64.2 Å². The van der Waals surface area contributed by atoms with Crippen molar-refractivity contribution in [2.75, 3.05) is 26.0 Å². The van der Waals surface area contributed by atoms with Gasteiger partial charge in [-0.15, -0.1) is 0 Å². The molecule has 0 aromatic rings. The van der Waals surface area contributed by atoms with Crippen LogP contribution in [0.25, 0.3) is 0 Å². The Morgan fingerprint density at radius 2 is 1.32 bits per heavy atom. The molecule has 1 aliphatic rings. The number of hydrogen-bond donors (Lipinski definition) is 1. The Labute approximate surface area is 125 Å². The van der Waals surface area contributed by atoms with E-state index in [1.807, 2.05) is 0 Å². The zero-order valence-corrected chi connectivity index (χ0v) is 13.6. The average Bonchev–Trinajstić information content (AvgIpc) is 2.82. The highest BCUT2D eigenvalue weighted by atomic mass is 32.1. The molecule has 1 heterocycles. The molecule has 0 spiro atoms. The minimum atomic E-state index is 1.06. The van der Waals surface area contributed by atoms with Gasteiger partial charge in [0.25, 0.3) is 0 Å². The monoisotopic (exact) mass is 284 g/mol. The third-order valence-electron chi connectivity index (χ3n) is 3.79. The molecule has 19 heavy (non-hydrogen) atoms. The molecule has 0 aromatic heterocycles. The van der Waals surface area contributed by atoms with E-state index in [0.29, 0.717) is 0 Å². The Hall–Kier alpha value is -0.310. The standard InChI is InChI=1S/C16H32N2S/c1-17-13-14-18(16-17)12-10-8-6-4-2-3-5-7-9-11-15-19/h13-14,19H,2-12,15-16H2,1H3. The van der Waals surface area contributed by atoms with Gasteiger partial charge in [-0.1, -0.05) is 51.4 Å². The van der Waals surface area contributed by atoms with Gasteiger partial charge in [-0.05, 0) is 18.6 Å².